The molecule has 0 amide bonds. The Kier molecular flexibility index (Phi) is 4.79. The number of hydrogen-bond acceptors (Lipinski definition) is 3. The highest BCUT2D eigenvalue weighted by molar-refractivity contribution is 6.30. The van der Waals surface area contributed by atoms with Crippen molar-refractivity contribution in [2.24, 2.45) is 0 Å². The number of rotatable bonds is 6. The fourth-order valence-corrected chi connectivity index (χ4v) is 2.17. The van der Waals surface area contributed by atoms with Gasteiger partial charge in [0.15, 0.2) is 5.78 Å². The van der Waals surface area contributed by atoms with E-state index in [1.807, 2.05) is 24.6 Å². The highest BCUT2D eigenvalue weighted by Gasteiger charge is 2.10. The molecule has 1 heterocycles. The predicted octanol–water partition coefficient (Wildman–Crippen LogP) is 3.06. The summed E-state index contributed by atoms with van der Waals surface area (Å²) in [4.78, 5) is 11.9. The number of ketones is 1. The predicted molar refractivity (Wildman–Crippen MR) is 78.3 cm³/mol. The monoisotopic (exact) mass is 292 g/mol. The average molecular weight is 293 g/mol. The Morgan fingerprint density at radius 3 is 2.90 bits per heavy atom. The van der Waals surface area contributed by atoms with E-state index < -0.39 is 0 Å². The maximum atomic E-state index is 11.9. The zero-order valence-corrected chi connectivity index (χ0v) is 12.4. The largest absolute Gasteiger partial charge is 0.486 e. The second kappa shape index (κ2) is 6.57. The molecule has 0 aliphatic heterocycles. The van der Waals surface area contributed by atoms with Gasteiger partial charge in [-0.15, -0.1) is 0 Å². The lowest BCUT2D eigenvalue weighted by atomic mass is 10.2. The molecular formula is C15H17ClN2O2. The van der Waals surface area contributed by atoms with Gasteiger partial charge in [0.1, 0.15) is 12.4 Å². The van der Waals surface area contributed by atoms with Crippen LogP contribution >= 0.6 is 11.6 Å². The fraction of sp³-hybridized carbons (Fsp3) is 0.333. The zero-order chi connectivity index (χ0) is 14.5. The minimum Gasteiger partial charge on any atom is -0.486 e. The van der Waals surface area contributed by atoms with E-state index in [1.54, 1.807) is 24.3 Å². The van der Waals surface area contributed by atoms with Crippen molar-refractivity contribution in [3.63, 3.8) is 0 Å². The molecule has 2 rings (SSSR count). The Balaban J connectivity index is 1.92. The highest BCUT2D eigenvalue weighted by Crippen LogP contribution is 2.17. The molecule has 0 spiro atoms. The van der Waals surface area contributed by atoms with E-state index in [0.717, 1.165) is 17.9 Å². The van der Waals surface area contributed by atoms with Gasteiger partial charge in [0.25, 0.3) is 0 Å². The Morgan fingerprint density at radius 2 is 2.20 bits per heavy atom. The van der Waals surface area contributed by atoms with E-state index in [1.165, 1.54) is 0 Å². The van der Waals surface area contributed by atoms with Crippen LogP contribution in [0.25, 0.3) is 0 Å². The van der Waals surface area contributed by atoms with Gasteiger partial charge in [0.2, 0.25) is 0 Å². The molecule has 1 aromatic carbocycles. The summed E-state index contributed by atoms with van der Waals surface area (Å²) in [6.45, 7) is 4.71. The van der Waals surface area contributed by atoms with Gasteiger partial charge in [0, 0.05) is 17.3 Å². The summed E-state index contributed by atoms with van der Waals surface area (Å²) in [6, 6.07) is 8.95. The number of Topliss-reactive ketones (excluding diaryl/α,β-unsaturated/α-hetero) is 1. The number of benzene rings is 1. The fourth-order valence-electron chi connectivity index (χ4n) is 1.99. The minimum atomic E-state index is 0.0135. The number of ether oxygens (including phenoxy) is 1. The summed E-state index contributed by atoms with van der Waals surface area (Å²) in [5.41, 5.74) is 1.84. The summed E-state index contributed by atoms with van der Waals surface area (Å²) < 4.78 is 7.28. The van der Waals surface area contributed by atoms with Crippen LogP contribution in [0.1, 0.15) is 18.3 Å². The molecule has 0 aliphatic carbocycles. The first-order chi connectivity index (χ1) is 9.58. The summed E-state index contributed by atoms with van der Waals surface area (Å²) in [5.74, 6) is 0.616. The van der Waals surface area contributed by atoms with Crippen molar-refractivity contribution in [1.82, 2.24) is 9.78 Å². The van der Waals surface area contributed by atoms with Gasteiger partial charge in [-0.25, -0.2) is 0 Å². The van der Waals surface area contributed by atoms with Gasteiger partial charge in [0.05, 0.1) is 12.1 Å². The third-order valence-electron chi connectivity index (χ3n) is 2.86. The molecular weight excluding hydrogens is 276 g/mol. The lowest BCUT2D eigenvalue weighted by Crippen LogP contribution is -2.16. The van der Waals surface area contributed by atoms with Gasteiger partial charge in [-0.2, -0.15) is 5.10 Å². The van der Waals surface area contributed by atoms with Crippen molar-refractivity contribution in [2.45, 2.75) is 26.8 Å². The molecule has 0 unspecified atom stereocenters. The van der Waals surface area contributed by atoms with Crippen molar-refractivity contribution in [2.75, 3.05) is 6.61 Å². The molecule has 0 fully saturated rings. The Hall–Kier alpha value is -1.81. The average Bonchev–Trinajstić information content (AvgIpc) is 2.76. The van der Waals surface area contributed by atoms with Crippen molar-refractivity contribution in [3.8, 4) is 5.75 Å². The summed E-state index contributed by atoms with van der Waals surface area (Å²) >= 11 is 5.86. The van der Waals surface area contributed by atoms with Gasteiger partial charge in [-0.1, -0.05) is 17.7 Å². The van der Waals surface area contributed by atoms with Crippen molar-refractivity contribution in [1.29, 1.82) is 0 Å². The van der Waals surface area contributed by atoms with Crippen LogP contribution in [0.5, 0.6) is 5.75 Å². The topological polar surface area (TPSA) is 44.1 Å². The van der Waals surface area contributed by atoms with Gasteiger partial charge in [-0.3, -0.25) is 9.48 Å². The lowest BCUT2D eigenvalue weighted by Gasteiger charge is -2.07. The summed E-state index contributed by atoms with van der Waals surface area (Å²) in [7, 11) is 0. The molecule has 1 aromatic heterocycles. The molecule has 0 N–H and O–H groups in total. The standard InChI is InChI=1S/C15H17ClN2O2/c1-3-18-13(7-11(2)17-18)9-14(19)10-20-15-6-4-5-12(16)8-15/h4-8H,3,9-10H2,1-2H3. The van der Waals surface area contributed by atoms with Crippen LogP contribution in [-0.2, 0) is 17.8 Å². The van der Waals surface area contributed by atoms with Crippen LogP contribution in [0, 0.1) is 6.92 Å². The minimum absolute atomic E-state index is 0.0135. The van der Waals surface area contributed by atoms with Gasteiger partial charge < -0.3 is 4.74 Å². The molecule has 2 aromatic rings. The molecule has 0 radical (unpaired) electrons. The number of halogens is 1. The van der Waals surface area contributed by atoms with E-state index in [4.69, 9.17) is 16.3 Å². The van der Waals surface area contributed by atoms with Gasteiger partial charge >= 0.3 is 0 Å². The number of aromatic nitrogens is 2. The van der Waals surface area contributed by atoms with Crippen LogP contribution in [-0.4, -0.2) is 22.2 Å². The molecule has 4 nitrogen and oxygen atoms in total. The maximum absolute atomic E-state index is 11.9. The van der Waals surface area contributed by atoms with E-state index in [-0.39, 0.29) is 12.4 Å². The Labute approximate surface area is 123 Å². The smallest absolute Gasteiger partial charge is 0.176 e. The first-order valence-electron chi connectivity index (χ1n) is 6.52. The second-order valence-electron chi connectivity index (χ2n) is 4.55. The number of carbonyl (C=O) groups is 1. The second-order valence-corrected chi connectivity index (χ2v) is 4.99. The molecule has 5 heteroatoms. The molecule has 0 bridgehead atoms. The SMILES string of the molecule is CCn1nc(C)cc1CC(=O)COc1cccc(Cl)c1. The molecule has 106 valence electrons. The number of carbonyl (C=O) groups excluding carboxylic acids is 1. The van der Waals surface area contributed by atoms with Crippen LogP contribution in [0.4, 0.5) is 0 Å². The zero-order valence-electron chi connectivity index (χ0n) is 11.6. The number of hydrogen-bond donors (Lipinski definition) is 0. The Morgan fingerprint density at radius 1 is 1.40 bits per heavy atom. The number of nitrogens with zero attached hydrogens (tertiary/aromatic N) is 2. The van der Waals surface area contributed by atoms with Gasteiger partial charge in [-0.05, 0) is 38.1 Å². The third kappa shape index (κ3) is 3.84. The van der Waals surface area contributed by atoms with Crippen LogP contribution in [0.2, 0.25) is 5.02 Å². The van der Waals surface area contributed by atoms with Crippen molar-refractivity contribution >= 4 is 17.4 Å². The first-order valence-corrected chi connectivity index (χ1v) is 6.89. The lowest BCUT2D eigenvalue weighted by molar-refractivity contribution is -0.120. The van der Waals surface area contributed by atoms with Crippen molar-refractivity contribution in [3.05, 3.63) is 46.7 Å². The normalized spacial score (nSPS) is 10.6. The number of aryl methyl sites for hydroxylation is 2. The van der Waals surface area contributed by atoms with E-state index in [0.29, 0.717) is 17.2 Å². The Bertz CT molecular complexity index is 608. The maximum Gasteiger partial charge on any atom is 0.176 e. The van der Waals surface area contributed by atoms with Crippen LogP contribution < -0.4 is 4.74 Å². The third-order valence-corrected chi connectivity index (χ3v) is 3.09. The molecule has 0 atom stereocenters. The molecule has 0 aliphatic rings. The quantitative estimate of drug-likeness (QED) is 0.822. The van der Waals surface area contributed by atoms with Crippen LogP contribution in [0.15, 0.2) is 30.3 Å². The summed E-state index contributed by atoms with van der Waals surface area (Å²) in [5, 5.41) is 4.91. The van der Waals surface area contributed by atoms with E-state index in [9.17, 15) is 4.79 Å². The first kappa shape index (κ1) is 14.6. The van der Waals surface area contributed by atoms with Crippen molar-refractivity contribution < 1.29 is 9.53 Å². The molecule has 0 saturated carbocycles. The molecule has 20 heavy (non-hydrogen) atoms. The highest BCUT2D eigenvalue weighted by atomic mass is 35.5. The molecule has 0 saturated heterocycles. The summed E-state index contributed by atoms with van der Waals surface area (Å²) in [6.07, 6.45) is 0.329. The van der Waals surface area contributed by atoms with E-state index in [2.05, 4.69) is 5.10 Å². The van der Waals surface area contributed by atoms with E-state index >= 15 is 0 Å². The van der Waals surface area contributed by atoms with Crippen LogP contribution in [0.3, 0.4) is 0 Å².